The van der Waals surface area contributed by atoms with Crippen molar-refractivity contribution >= 4 is 17.6 Å². The summed E-state index contributed by atoms with van der Waals surface area (Å²) in [5, 5.41) is 10.1. The van der Waals surface area contributed by atoms with Gasteiger partial charge in [0.05, 0.1) is 12.2 Å². The van der Waals surface area contributed by atoms with Gasteiger partial charge in [0, 0.05) is 12.2 Å². The number of alkyl halides is 3. The summed E-state index contributed by atoms with van der Waals surface area (Å²) < 4.78 is 48.2. The molecule has 1 fully saturated rings. The fraction of sp³-hybridized carbons (Fsp3) is 0.529. The first-order valence-corrected chi connectivity index (χ1v) is 7.91. The van der Waals surface area contributed by atoms with Crippen molar-refractivity contribution in [3.63, 3.8) is 0 Å². The molecule has 9 heteroatoms. The topological polar surface area (TPSA) is 76.1 Å². The maximum absolute atomic E-state index is 12.6. The van der Waals surface area contributed by atoms with Gasteiger partial charge in [0.15, 0.2) is 12.2 Å². The van der Waals surface area contributed by atoms with Gasteiger partial charge in [0.1, 0.15) is 5.60 Å². The number of amides is 1. The first-order chi connectivity index (χ1) is 11.9. The summed E-state index contributed by atoms with van der Waals surface area (Å²) in [7, 11) is 0. The summed E-state index contributed by atoms with van der Waals surface area (Å²) in [5.74, 6) is -1.74. The Balaban J connectivity index is 2.15. The standard InChI is InChI=1S/C17H20F3NO5/c1-16(2,3)26-15(24)12(22)13-14(23)21(8-9-25-13)11-6-4-10(5-7-11)17(18,19)20/h4-7,12-13,22H,8-9H2,1-3H3. The molecule has 2 atom stereocenters. The lowest BCUT2D eigenvalue weighted by molar-refractivity contribution is -0.177. The molecule has 0 spiro atoms. The number of nitrogens with zero attached hydrogens (tertiary/aromatic N) is 1. The number of anilines is 1. The van der Waals surface area contributed by atoms with Crippen LogP contribution >= 0.6 is 0 Å². The predicted octanol–water partition coefficient (Wildman–Crippen LogP) is 2.14. The van der Waals surface area contributed by atoms with Gasteiger partial charge in [-0.15, -0.1) is 0 Å². The quantitative estimate of drug-likeness (QED) is 0.820. The molecule has 0 radical (unpaired) electrons. The van der Waals surface area contributed by atoms with E-state index >= 15 is 0 Å². The zero-order chi connectivity index (χ0) is 19.7. The van der Waals surface area contributed by atoms with Gasteiger partial charge in [-0.1, -0.05) is 0 Å². The van der Waals surface area contributed by atoms with Crippen LogP contribution in [0.3, 0.4) is 0 Å². The number of halogens is 3. The Bertz CT molecular complexity index is 666. The third kappa shape index (κ3) is 4.73. The van der Waals surface area contributed by atoms with Gasteiger partial charge < -0.3 is 19.5 Å². The Morgan fingerprint density at radius 1 is 1.27 bits per heavy atom. The minimum absolute atomic E-state index is 0.0112. The van der Waals surface area contributed by atoms with Gasteiger partial charge in [-0.3, -0.25) is 4.79 Å². The van der Waals surface area contributed by atoms with E-state index in [2.05, 4.69) is 0 Å². The number of rotatable bonds is 3. The van der Waals surface area contributed by atoms with Crippen LogP contribution < -0.4 is 4.90 Å². The number of morpholine rings is 1. The zero-order valence-electron chi connectivity index (χ0n) is 14.5. The molecule has 1 amide bonds. The van der Waals surface area contributed by atoms with Crippen LogP contribution in [0.4, 0.5) is 18.9 Å². The smallest absolute Gasteiger partial charge is 0.416 e. The van der Waals surface area contributed by atoms with Crippen molar-refractivity contribution in [3.05, 3.63) is 29.8 Å². The lowest BCUT2D eigenvalue weighted by Gasteiger charge is -2.34. The Labute approximate surface area is 148 Å². The van der Waals surface area contributed by atoms with E-state index in [1.54, 1.807) is 20.8 Å². The molecular weight excluding hydrogens is 355 g/mol. The molecule has 0 aromatic heterocycles. The average molecular weight is 375 g/mol. The second-order valence-corrected chi connectivity index (χ2v) is 6.80. The highest BCUT2D eigenvalue weighted by Crippen LogP contribution is 2.31. The van der Waals surface area contributed by atoms with Crippen LogP contribution in [-0.4, -0.2) is 47.9 Å². The number of carbonyl (C=O) groups is 2. The molecule has 0 saturated carbocycles. The third-order valence-corrected chi connectivity index (χ3v) is 3.56. The van der Waals surface area contributed by atoms with E-state index in [0.29, 0.717) is 0 Å². The average Bonchev–Trinajstić information content (AvgIpc) is 2.52. The van der Waals surface area contributed by atoms with E-state index < -0.39 is 41.4 Å². The van der Waals surface area contributed by atoms with Crippen LogP contribution in [0.15, 0.2) is 24.3 Å². The molecule has 0 bridgehead atoms. The van der Waals surface area contributed by atoms with E-state index in [-0.39, 0.29) is 18.8 Å². The van der Waals surface area contributed by atoms with E-state index in [1.807, 2.05) is 0 Å². The normalized spacial score (nSPS) is 20.0. The first-order valence-electron chi connectivity index (χ1n) is 7.91. The van der Waals surface area contributed by atoms with Crippen LogP contribution in [0.5, 0.6) is 0 Å². The van der Waals surface area contributed by atoms with Gasteiger partial charge in [-0.2, -0.15) is 13.2 Å². The molecule has 2 rings (SSSR count). The van der Waals surface area contributed by atoms with Crippen molar-refractivity contribution in [3.8, 4) is 0 Å². The monoisotopic (exact) mass is 375 g/mol. The number of carbonyl (C=O) groups excluding carboxylic acids is 2. The Morgan fingerprint density at radius 3 is 2.35 bits per heavy atom. The van der Waals surface area contributed by atoms with E-state index in [4.69, 9.17) is 9.47 Å². The minimum Gasteiger partial charge on any atom is -0.458 e. The minimum atomic E-state index is -4.48. The maximum atomic E-state index is 12.6. The second-order valence-electron chi connectivity index (χ2n) is 6.80. The Kier molecular flexibility index (Phi) is 5.62. The SMILES string of the molecule is CC(C)(C)OC(=O)C(O)C1OCCN(c2ccc(C(F)(F)F)cc2)C1=O. The zero-order valence-corrected chi connectivity index (χ0v) is 14.5. The third-order valence-electron chi connectivity index (χ3n) is 3.56. The Hall–Kier alpha value is -2.13. The highest BCUT2D eigenvalue weighted by atomic mass is 19.4. The number of ether oxygens (including phenoxy) is 2. The predicted molar refractivity (Wildman–Crippen MR) is 85.4 cm³/mol. The largest absolute Gasteiger partial charge is 0.458 e. The number of hydrogen-bond acceptors (Lipinski definition) is 5. The number of aliphatic hydroxyl groups excluding tert-OH is 1. The Morgan fingerprint density at radius 2 is 1.85 bits per heavy atom. The first kappa shape index (κ1) is 20.2. The summed E-state index contributed by atoms with van der Waals surface area (Å²) >= 11 is 0. The summed E-state index contributed by atoms with van der Waals surface area (Å²) in [6.07, 6.45) is -7.80. The molecule has 1 heterocycles. The number of hydrogen-bond donors (Lipinski definition) is 1. The summed E-state index contributed by atoms with van der Waals surface area (Å²) in [6, 6.07) is 4.03. The fourth-order valence-corrected chi connectivity index (χ4v) is 2.40. The molecule has 2 unspecified atom stereocenters. The van der Waals surface area contributed by atoms with Crippen LogP contribution in [0.2, 0.25) is 0 Å². The summed E-state index contributed by atoms with van der Waals surface area (Å²) in [6.45, 7) is 4.92. The van der Waals surface area contributed by atoms with E-state index in [1.165, 1.54) is 4.90 Å². The summed E-state index contributed by atoms with van der Waals surface area (Å²) in [4.78, 5) is 25.7. The lowest BCUT2D eigenvalue weighted by Crippen LogP contribution is -2.55. The maximum Gasteiger partial charge on any atom is 0.416 e. The molecule has 0 aliphatic carbocycles. The van der Waals surface area contributed by atoms with Crippen molar-refractivity contribution in [2.75, 3.05) is 18.1 Å². The van der Waals surface area contributed by atoms with E-state index in [9.17, 15) is 27.9 Å². The molecule has 26 heavy (non-hydrogen) atoms. The van der Waals surface area contributed by atoms with Crippen LogP contribution in [0, 0.1) is 0 Å². The molecule has 6 nitrogen and oxygen atoms in total. The van der Waals surface area contributed by atoms with E-state index in [0.717, 1.165) is 24.3 Å². The molecular formula is C17H20F3NO5. The van der Waals surface area contributed by atoms with Gasteiger partial charge in [0.2, 0.25) is 0 Å². The lowest BCUT2D eigenvalue weighted by atomic mass is 10.1. The van der Waals surface area contributed by atoms with Gasteiger partial charge in [-0.05, 0) is 45.0 Å². The van der Waals surface area contributed by atoms with Crippen molar-refractivity contribution < 1.29 is 37.3 Å². The van der Waals surface area contributed by atoms with Crippen molar-refractivity contribution in [1.29, 1.82) is 0 Å². The highest BCUT2D eigenvalue weighted by Gasteiger charge is 2.41. The molecule has 144 valence electrons. The second kappa shape index (κ2) is 7.24. The van der Waals surface area contributed by atoms with Crippen LogP contribution in [-0.2, 0) is 25.2 Å². The molecule has 1 N–H and O–H groups in total. The fourth-order valence-electron chi connectivity index (χ4n) is 2.40. The van der Waals surface area contributed by atoms with Crippen molar-refractivity contribution in [2.24, 2.45) is 0 Å². The van der Waals surface area contributed by atoms with Crippen LogP contribution in [0.1, 0.15) is 26.3 Å². The number of esters is 1. The number of benzene rings is 1. The molecule has 1 aliphatic heterocycles. The molecule has 1 aliphatic rings. The van der Waals surface area contributed by atoms with Crippen LogP contribution in [0.25, 0.3) is 0 Å². The van der Waals surface area contributed by atoms with Gasteiger partial charge in [0.25, 0.3) is 5.91 Å². The van der Waals surface area contributed by atoms with Crippen molar-refractivity contribution in [1.82, 2.24) is 0 Å². The number of aliphatic hydroxyl groups is 1. The molecule has 1 aromatic carbocycles. The van der Waals surface area contributed by atoms with Crippen molar-refractivity contribution in [2.45, 2.75) is 44.8 Å². The molecule has 1 aromatic rings. The van der Waals surface area contributed by atoms with Gasteiger partial charge in [-0.25, -0.2) is 4.79 Å². The van der Waals surface area contributed by atoms with Gasteiger partial charge >= 0.3 is 12.1 Å². The highest BCUT2D eigenvalue weighted by molar-refractivity contribution is 6.00. The molecule has 1 saturated heterocycles. The summed E-state index contributed by atoms with van der Waals surface area (Å²) in [5.41, 5.74) is -1.48.